The quantitative estimate of drug-likeness (QED) is 0.336. The van der Waals surface area contributed by atoms with E-state index in [1.54, 1.807) is 0 Å². The molecule has 0 aliphatic carbocycles. The van der Waals surface area contributed by atoms with Crippen LogP contribution in [0.5, 0.6) is 0 Å². The van der Waals surface area contributed by atoms with Crippen LogP contribution in [0, 0.1) is 12.4 Å². The molecule has 0 heterocycles. The van der Waals surface area contributed by atoms with Crippen molar-refractivity contribution in [2.24, 2.45) is 0 Å². The van der Waals surface area contributed by atoms with Gasteiger partial charge in [-0.05, 0) is 0 Å². The second-order valence-electron chi connectivity index (χ2n) is 0.0962. The van der Waals surface area contributed by atoms with Gasteiger partial charge in [0.15, 0.2) is 0 Å². The van der Waals surface area contributed by atoms with Gasteiger partial charge in [0.1, 0.15) is 0 Å². The van der Waals surface area contributed by atoms with Crippen LogP contribution in [-0.4, -0.2) is 15.5 Å². The predicted molar refractivity (Wildman–Crippen MR) is 6.44 cm³/mol. The Morgan fingerprint density at radius 3 is 1.75 bits per heavy atom. The fourth-order valence-corrected chi connectivity index (χ4v) is 0. The number of hydrogen-bond acceptors (Lipinski definition) is 2. The number of halogens is 1. The van der Waals surface area contributed by atoms with Crippen molar-refractivity contribution in [3.05, 3.63) is 0 Å². The van der Waals surface area contributed by atoms with E-state index in [1.807, 2.05) is 0 Å². The molecular weight excluding hydrogens is 94.4 g/mol. The van der Waals surface area contributed by atoms with Gasteiger partial charge in [0, 0.05) is 0 Å². The molecule has 4 heavy (non-hydrogen) atoms. The van der Waals surface area contributed by atoms with Crippen molar-refractivity contribution in [1.29, 1.82) is 0 Å². The fourth-order valence-electron chi connectivity index (χ4n) is 0. The maximum absolute atomic E-state index is 8.46. The Kier molecular flexibility index (Phi) is 21.9. The van der Waals surface area contributed by atoms with Crippen LogP contribution in [-0.2, 0) is 3.80 Å². The molecule has 0 saturated carbocycles. The Balaban J connectivity index is 0. The first-order valence-electron chi connectivity index (χ1n) is 0.471. The van der Waals surface area contributed by atoms with Crippen LogP contribution in [0.2, 0.25) is 0 Å². The minimum atomic E-state index is -1.75. The zero-order valence-electron chi connectivity index (χ0n) is 1.77. The maximum atomic E-state index is 8.46. The molecule has 0 rings (SSSR count). The molecule has 0 aromatic carbocycles. The van der Waals surface area contributed by atoms with Crippen molar-refractivity contribution >= 4 is 15.5 Å². The summed E-state index contributed by atoms with van der Waals surface area (Å²) in [6.45, 7) is 0. The third-order valence-electron chi connectivity index (χ3n) is 0. The van der Waals surface area contributed by atoms with E-state index in [0.717, 1.165) is 0 Å². The monoisotopic (exact) mass is 93.9 g/mol. The van der Waals surface area contributed by atoms with Crippen LogP contribution in [0.3, 0.4) is 0 Å². The third-order valence-corrected chi connectivity index (χ3v) is 0. The zero-order valence-corrected chi connectivity index (χ0v) is 3.68. The van der Waals surface area contributed by atoms with Crippen molar-refractivity contribution in [1.82, 2.24) is 0 Å². The van der Waals surface area contributed by atoms with E-state index in [1.165, 1.54) is 0 Å². The van der Waals surface area contributed by atoms with Gasteiger partial charge in [-0.3, -0.25) is 0 Å². The zero-order chi connectivity index (χ0) is 2.71. The Hall–Kier alpha value is 0.422. The van der Waals surface area contributed by atoms with Crippen molar-refractivity contribution in [2.75, 3.05) is 0 Å². The molecule has 0 aromatic rings. The van der Waals surface area contributed by atoms with Gasteiger partial charge in [-0.1, -0.05) is 0 Å². The Morgan fingerprint density at radius 2 is 1.75 bits per heavy atom. The molecule has 0 N–H and O–H groups in total. The summed E-state index contributed by atoms with van der Waals surface area (Å²) in [7, 11) is 0. The SMILES string of the molecule is [Cl+].[O]=[Al][O-]. The van der Waals surface area contributed by atoms with Crippen LogP contribution in [0.4, 0.5) is 0 Å². The van der Waals surface area contributed by atoms with Crippen molar-refractivity contribution < 1.29 is 20.4 Å². The molecule has 2 nitrogen and oxygen atoms in total. The van der Waals surface area contributed by atoms with Gasteiger partial charge in [0.05, 0.1) is 0 Å². The Labute approximate surface area is 36.5 Å². The molecule has 4 heteroatoms. The van der Waals surface area contributed by atoms with Gasteiger partial charge < -0.3 is 0 Å². The fraction of sp³-hybridized carbons (Fsp3) is 0. The van der Waals surface area contributed by atoms with E-state index in [9.17, 15) is 0 Å². The summed E-state index contributed by atoms with van der Waals surface area (Å²) in [6, 6.07) is 0. The van der Waals surface area contributed by atoms with E-state index in [2.05, 4.69) is 0 Å². The Bertz CT molecular complexity index is 13.5. The van der Waals surface area contributed by atoms with Gasteiger partial charge in [-0.25, -0.2) is 0 Å². The van der Waals surface area contributed by atoms with E-state index in [4.69, 9.17) is 7.96 Å². The molecule has 0 bridgehead atoms. The summed E-state index contributed by atoms with van der Waals surface area (Å²) in [5.74, 6) is 0. The van der Waals surface area contributed by atoms with Crippen molar-refractivity contribution in [2.45, 2.75) is 0 Å². The molecule has 0 saturated heterocycles. The van der Waals surface area contributed by atoms with E-state index >= 15 is 0 Å². The van der Waals surface area contributed by atoms with Gasteiger partial charge in [-0.2, -0.15) is 0 Å². The van der Waals surface area contributed by atoms with Gasteiger partial charge in [0.25, 0.3) is 0 Å². The first-order chi connectivity index (χ1) is 1.41. The van der Waals surface area contributed by atoms with Crippen LogP contribution >= 0.6 is 0 Å². The molecule has 2 radical (unpaired) electrons. The van der Waals surface area contributed by atoms with Crippen LogP contribution in [0.15, 0.2) is 0 Å². The molecule has 0 unspecified atom stereocenters. The van der Waals surface area contributed by atoms with Gasteiger partial charge >= 0.3 is 35.9 Å². The molecular formula is AlClO2. The summed E-state index contributed by atoms with van der Waals surface area (Å²) in [4.78, 5) is 0. The first-order valence-corrected chi connectivity index (χ1v) is 1.41. The normalized spacial score (nSPS) is 2.00. The summed E-state index contributed by atoms with van der Waals surface area (Å²) in [5.41, 5.74) is 0. The topological polar surface area (TPSA) is 40.1 Å². The molecule has 0 atom stereocenters. The second-order valence-corrected chi connectivity index (χ2v) is 0.289. The van der Waals surface area contributed by atoms with Gasteiger partial charge in [0.2, 0.25) is 0 Å². The van der Waals surface area contributed by atoms with E-state index in [0.29, 0.717) is 0 Å². The van der Waals surface area contributed by atoms with E-state index < -0.39 is 15.5 Å². The summed E-state index contributed by atoms with van der Waals surface area (Å²) in [5, 5.41) is 0. The predicted octanol–water partition coefficient (Wildman–Crippen LogP) is -1.69. The minimum absolute atomic E-state index is 0. The number of rotatable bonds is 0. The Morgan fingerprint density at radius 1 is 1.75 bits per heavy atom. The molecule has 0 amide bonds. The van der Waals surface area contributed by atoms with Crippen molar-refractivity contribution in [3.8, 4) is 0 Å². The molecule has 0 aliphatic heterocycles. The standard InChI is InChI=1S/Al.Cl.2O/q;+1;;-1. The molecule has 22 valence electrons. The molecule has 0 spiro atoms. The summed E-state index contributed by atoms with van der Waals surface area (Å²) < 4.78 is 16.9. The first kappa shape index (κ1) is 8.83. The summed E-state index contributed by atoms with van der Waals surface area (Å²) >= 11 is -1.75. The van der Waals surface area contributed by atoms with Gasteiger partial charge in [-0.15, -0.1) is 0 Å². The van der Waals surface area contributed by atoms with Crippen LogP contribution < -0.4 is 4.16 Å². The molecule has 0 aliphatic rings. The number of hydrogen-bond donors (Lipinski definition) is 0. The third kappa shape index (κ3) is 27.5. The average molecular weight is 94.4 g/mol. The van der Waals surface area contributed by atoms with Crippen molar-refractivity contribution in [3.63, 3.8) is 0 Å². The van der Waals surface area contributed by atoms with Crippen LogP contribution in [0.1, 0.15) is 0 Å². The average Bonchev–Trinajstić information content (AvgIpc) is 0.918. The van der Waals surface area contributed by atoms with Crippen LogP contribution in [0.25, 0.3) is 0 Å². The molecule has 0 aromatic heterocycles. The van der Waals surface area contributed by atoms with E-state index in [-0.39, 0.29) is 12.4 Å². The second kappa shape index (κ2) is 9.93. The molecule has 0 fully saturated rings. The summed E-state index contributed by atoms with van der Waals surface area (Å²) in [6.07, 6.45) is 0.